The molecule has 1 saturated heterocycles. The van der Waals surface area contributed by atoms with Gasteiger partial charge in [0.1, 0.15) is 18.2 Å². The maximum atomic E-state index is 13.1. The van der Waals surface area contributed by atoms with Crippen molar-refractivity contribution in [2.24, 2.45) is 0 Å². The lowest BCUT2D eigenvalue weighted by atomic mass is 10.2. The summed E-state index contributed by atoms with van der Waals surface area (Å²) in [6.07, 6.45) is 0. The molecule has 0 saturated carbocycles. The van der Waals surface area contributed by atoms with Gasteiger partial charge in [-0.25, -0.2) is 9.07 Å². The first kappa shape index (κ1) is 17.9. The van der Waals surface area contributed by atoms with Crippen molar-refractivity contribution in [2.75, 3.05) is 42.6 Å². The maximum absolute atomic E-state index is 13.1. The van der Waals surface area contributed by atoms with Crippen LogP contribution in [0.4, 0.5) is 15.9 Å². The lowest BCUT2D eigenvalue weighted by molar-refractivity contribution is -0.144. The molecular weight excluding hydrogens is 339 g/mol. The first-order valence-corrected chi connectivity index (χ1v) is 8.56. The van der Waals surface area contributed by atoms with Gasteiger partial charge in [0.15, 0.2) is 0 Å². The van der Waals surface area contributed by atoms with Gasteiger partial charge in [-0.15, -0.1) is 0 Å². The van der Waals surface area contributed by atoms with Crippen molar-refractivity contribution in [3.8, 4) is 0 Å². The highest BCUT2D eigenvalue weighted by atomic mass is 19.1. The number of carbonyl (C=O) groups is 1. The van der Waals surface area contributed by atoms with Crippen molar-refractivity contribution in [1.82, 2.24) is 9.78 Å². The Morgan fingerprint density at radius 1 is 1.08 bits per heavy atom. The van der Waals surface area contributed by atoms with Crippen LogP contribution in [-0.4, -0.2) is 48.5 Å². The Labute approximate surface area is 150 Å². The van der Waals surface area contributed by atoms with Crippen LogP contribution in [0.2, 0.25) is 0 Å². The Kier molecular flexibility index (Phi) is 5.50. The van der Waals surface area contributed by atoms with Gasteiger partial charge in [0.25, 0.3) is 5.56 Å². The molecular formula is C18H21FN4O3. The number of halogens is 1. The van der Waals surface area contributed by atoms with Crippen molar-refractivity contribution in [3.05, 3.63) is 52.6 Å². The largest absolute Gasteiger partial charge is 0.465 e. The van der Waals surface area contributed by atoms with Crippen molar-refractivity contribution in [1.29, 1.82) is 0 Å². The molecule has 7 nitrogen and oxygen atoms in total. The highest BCUT2D eigenvalue weighted by molar-refractivity contribution is 5.69. The van der Waals surface area contributed by atoms with E-state index in [2.05, 4.69) is 14.9 Å². The van der Waals surface area contributed by atoms with E-state index in [0.29, 0.717) is 18.9 Å². The van der Waals surface area contributed by atoms with Crippen LogP contribution < -0.4 is 15.4 Å². The Bertz CT molecular complexity index is 814. The first-order chi connectivity index (χ1) is 12.6. The van der Waals surface area contributed by atoms with E-state index in [1.54, 1.807) is 25.1 Å². The molecule has 0 N–H and O–H groups in total. The predicted octanol–water partition coefficient (Wildman–Crippen LogP) is 1.27. The fraction of sp³-hybridized carbons (Fsp3) is 0.389. The zero-order valence-corrected chi connectivity index (χ0v) is 14.6. The molecule has 1 fully saturated rings. The highest BCUT2D eigenvalue weighted by Gasteiger charge is 2.19. The lowest BCUT2D eigenvalue weighted by Crippen LogP contribution is -2.47. The van der Waals surface area contributed by atoms with Gasteiger partial charge in [0.2, 0.25) is 0 Å². The standard InChI is InChI=1S/C18H21FN4O3/c1-2-26-18(25)13-23-17(24)8-7-16(20-23)22-11-9-21(10-12-22)15-5-3-14(19)4-6-15/h3-8H,2,9-13H2,1H3. The van der Waals surface area contributed by atoms with Crippen molar-refractivity contribution in [3.63, 3.8) is 0 Å². The van der Waals surface area contributed by atoms with Crippen LogP contribution in [0.3, 0.4) is 0 Å². The molecule has 1 aromatic heterocycles. The molecule has 0 bridgehead atoms. The Morgan fingerprint density at radius 3 is 2.38 bits per heavy atom. The molecule has 1 aliphatic rings. The summed E-state index contributed by atoms with van der Waals surface area (Å²) < 4.78 is 19.0. The van der Waals surface area contributed by atoms with E-state index in [-0.39, 0.29) is 24.5 Å². The van der Waals surface area contributed by atoms with Crippen molar-refractivity contribution >= 4 is 17.5 Å². The number of aromatic nitrogens is 2. The molecule has 0 unspecified atom stereocenters. The molecule has 1 aromatic carbocycles. The average Bonchev–Trinajstić information content (AvgIpc) is 2.65. The smallest absolute Gasteiger partial charge is 0.327 e. The topological polar surface area (TPSA) is 67.7 Å². The van der Waals surface area contributed by atoms with Gasteiger partial charge in [0.05, 0.1) is 6.61 Å². The number of anilines is 2. The van der Waals surface area contributed by atoms with Crippen LogP contribution in [0.25, 0.3) is 0 Å². The van der Waals surface area contributed by atoms with E-state index >= 15 is 0 Å². The van der Waals surface area contributed by atoms with Gasteiger partial charge in [-0.3, -0.25) is 9.59 Å². The fourth-order valence-electron chi connectivity index (χ4n) is 2.89. The van der Waals surface area contributed by atoms with Crippen LogP contribution in [0, 0.1) is 5.82 Å². The minimum atomic E-state index is -0.486. The van der Waals surface area contributed by atoms with E-state index in [1.807, 2.05) is 0 Å². The summed E-state index contributed by atoms with van der Waals surface area (Å²) in [6.45, 7) is 4.71. The van der Waals surface area contributed by atoms with E-state index in [0.717, 1.165) is 23.5 Å². The summed E-state index contributed by atoms with van der Waals surface area (Å²) in [5, 5.41) is 4.29. The van der Waals surface area contributed by atoms with E-state index in [1.165, 1.54) is 18.2 Å². The van der Waals surface area contributed by atoms with Crippen molar-refractivity contribution < 1.29 is 13.9 Å². The number of piperazine rings is 1. The summed E-state index contributed by atoms with van der Waals surface area (Å²) in [6, 6.07) is 9.51. The number of hydrogen-bond donors (Lipinski definition) is 0. The van der Waals surface area contributed by atoms with Gasteiger partial charge < -0.3 is 14.5 Å². The number of hydrogen-bond acceptors (Lipinski definition) is 6. The third-order valence-electron chi connectivity index (χ3n) is 4.23. The fourth-order valence-corrected chi connectivity index (χ4v) is 2.89. The van der Waals surface area contributed by atoms with Crippen LogP contribution in [0.15, 0.2) is 41.2 Å². The Hall–Kier alpha value is -2.90. The number of ether oxygens (including phenoxy) is 1. The summed E-state index contributed by atoms with van der Waals surface area (Å²) in [5.41, 5.74) is 0.637. The molecule has 0 spiro atoms. The van der Waals surface area contributed by atoms with Crippen LogP contribution in [0.5, 0.6) is 0 Å². The van der Waals surface area contributed by atoms with Crippen LogP contribution in [0.1, 0.15) is 6.92 Å². The zero-order chi connectivity index (χ0) is 18.5. The second-order valence-corrected chi connectivity index (χ2v) is 5.94. The van der Waals surface area contributed by atoms with Crippen LogP contribution in [-0.2, 0) is 16.1 Å². The summed E-state index contributed by atoms with van der Waals surface area (Å²) >= 11 is 0. The molecule has 0 radical (unpaired) electrons. The molecule has 26 heavy (non-hydrogen) atoms. The number of rotatable bonds is 5. The number of carbonyl (C=O) groups excluding carboxylic acids is 1. The van der Waals surface area contributed by atoms with Gasteiger partial charge in [0, 0.05) is 37.9 Å². The summed E-state index contributed by atoms with van der Waals surface area (Å²) in [4.78, 5) is 27.7. The molecule has 0 aliphatic carbocycles. The number of benzene rings is 1. The van der Waals surface area contributed by atoms with E-state index in [4.69, 9.17) is 4.74 Å². The molecule has 138 valence electrons. The predicted molar refractivity (Wildman–Crippen MR) is 96.0 cm³/mol. The van der Waals surface area contributed by atoms with Gasteiger partial charge in [-0.2, -0.15) is 5.10 Å². The van der Waals surface area contributed by atoms with E-state index < -0.39 is 5.97 Å². The minimum absolute atomic E-state index is 0.198. The molecule has 8 heteroatoms. The first-order valence-electron chi connectivity index (χ1n) is 8.56. The molecule has 3 rings (SSSR count). The SMILES string of the molecule is CCOC(=O)Cn1nc(N2CCN(c3ccc(F)cc3)CC2)ccc1=O. The van der Waals surface area contributed by atoms with Gasteiger partial charge in [-0.1, -0.05) is 0 Å². The van der Waals surface area contributed by atoms with Gasteiger partial charge >= 0.3 is 5.97 Å². The normalized spacial score (nSPS) is 14.4. The van der Waals surface area contributed by atoms with Crippen LogP contribution >= 0.6 is 0 Å². The lowest BCUT2D eigenvalue weighted by Gasteiger charge is -2.36. The van der Waals surface area contributed by atoms with Gasteiger partial charge in [-0.05, 0) is 37.3 Å². The molecule has 2 heterocycles. The second-order valence-electron chi connectivity index (χ2n) is 5.94. The van der Waals surface area contributed by atoms with Crippen molar-refractivity contribution in [2.45, 2.75) is 13.5 Å². The Balaban J connectivity index is 1.66. The third kappa shape index (κ3) is 4.19. The Morgan fingerprint density at radius 2 is 1.73 bits per heavy atom. The maximum Gasteiger partial charge on any atom is 0.327 e. The van der Waals surface area contributed by atoms with E-state index in [9.17, 15) is 14.0 Å². The number of nitrogens with zero attached hydrogens (tertiary/aromatic N) is 4. The summed E-state index contributed by atoms with van der Waals surface area (Å²) in [7, 11) is 0. The quantitative estimate of drug-likeness (QED) is 0.748. The second kappa shape index (κ2) is 7.99. The average molecular weight is 360 g/mol. The number of esters is 1. The highest BCUT2D eigenvalue weighted by Crippen LogP contribution is 2.19. The molecule has 1 aliphatic heterocycles. The summed E-state index contributed by atoms with van der Waals surface area (Å²) in [5.74, 6) is -0.0894. The molecule has 0 amide bonds. The third-order valence-corrected chi connectivity index (χ3v) is 4.23. The minimum Gasteiger partial charge on any atom is -0.465 e. The molecule has 0 atom stereocenters. The molecule has 2 aromatic rings. The monoisotopic (exact) mass is 360 g/mol. The zero-order valence-electron chi connectivity index (χ0n) is 14.6.